The second-order valence-corrected chi connectivity index (χ2v) is 6.32. The van der Waals surface area contributed by atoms with Crippen LogP contribution in [0, 0.1) is 0 Å². The highest BCUT2D eigenvalue weighted by atomic mass is 79.9. The Labute approximate surface area is 144 Å². The van der Waals surface area contributed by atoms with Gasteiger partial charge in [0.2, 0.25) is 0 Å². The summed E-state index contributed by atoms with van der Waals surface area (Å²) in [4.78, 5) is 13.5. The lowest BCUT2D eigenvalue weighted by molar-refractivity contribution is 0.0824. The normalized spacial score (nSPS) is 11.3. The number of phenolic OH excluding ortho intramolecular Hbond substituents is 1. The van der Waals surface area contributed by atoms with Crippen LogP contribution in [0.25, 0.3) is 0 Å². The minimum atomic E-state index is -1.77. The third kappa shape index (κ3) is 3.71. The molecule has 1 amide bonds. The van der Waals surface area contributed by atoms with E-state index < -0.39 is 11.1 Å². The number of hydrogen-bond donors (Lipinski definition) is 2. The van der Waals surface area contributed by atoms with Crippen molar-refractivity contribution in [2.75, 3.05) is 26.0 Å². The quantitative estimate of drug-likeness (QED) is 0.583. The molecule has 2 rings (SSSR count). The number of nitrogens with zero attached hydrogens (tertiary/aromatic N) is 3. The topological polar surface area (TPSA) is 111 Å². The fourth-order valence-electron chi connectivity index (χ4n) is 1.78. The molecule has 0 saturated heterocycles. The fraction of sp³-hybridized carbons (Fsp3) is 0.308. The summed E-state index contributed by atoms with van der Waals surface area (Å²) in [6.45, 7) is 2.08. The van der Waals surface area contributed by atoms with Crippen LogP contribution < -0.4 is 10.1 Å². The number of nitrogens with one attached hydrogen (secondary N) is 1. The molecule has 8 nitrogen and oxygen atoms in total. The van der Waals surface area contributed by atoms with Crippen molar-refractivity contribution in [2.24, 2.45) is 0 Å². The summed E-state index contributed by atoms with van der Waals surface area (Å²) in [5.41, 5.74) is 0.332. The number of phenols is 1. The number of carbonyl (C=O) groups excluding carboxylic acids is 1. The van der Waals surface area contributed by atoms with E-state index in [2.05, 4.69) is 30.0 Å². The van der Waals surface area contributed by atoms with Gasteiger partial charge in [-0.3, -0.25) is 4.79 Å². The first kappa shape index (κ1) is 17.4. The van der Waals surface area contributed by atoms with Gasteiger partial charge in [-0.1, -0.05) is 0 Å². The van der Waals surface area contributed by atoms with Crippen molar-refractivity contribution in [2.45, 2.75) is 6.92 Å². The molecule has 10 heteroatoms. The summed E-state index contributed by atoms with van der Waals surface area (Å²) in [6, 6.07) is 3.17. The third-order valence-corrected chi connectivity index (χ3v) is 4.14. The van der Waals surface area contributed by atoms with Gasteiger partial charge < -0.3 is 24.6 Å². The zero-order chi connectivity index (χ0) is 17.1. The Morgan fingerprint density at radius 1 is 1.48 bits per heavy atom. The average Bonchev–Trinajstić information content (AvgIpc) is 2.82. The first-order valence-electron chi connectivity index (χ1n) is 6.57. The zero-order valence-corrected chi connectivity index (χ0v) is 15.1. The van der Waals surface area contributed by atoms with Crippen LogP contribution >= 0.6 is 27.1 Å². The highest BCUT2D eigenvalue weighted by Gasteiger charge is 2.23. The van der Waals surface area contributed by atoms with Gasteiger partial charge in [0, 0.05) is 27.3 Å². The van der Waals surface area contributed by atoms with E-state index >= 15 is 0 Å². The molecule has 0 saturated carbocycles. The highest BCUT2D eigenvalue weighted by Crippen LogP contribution is 2.37. The molecule has 0 aliphatic heterocycles. The van der Waals surface area contributed by atoms with Crippen molar-refractivity contribution in [3.8, 4) is 11.6 Å². The van der Waals surface area contributed by atoms with E-state index in [0.29, 0.717) is 11.1 Å². The maximum absolute atomic E-state index is 12.2. The van der Waals surface area contributed by atoms with E-state index in [1.165, 1.54) is 4.90 Å². The lowest BCUT2D eigenvalue weighted by Gasteiger charge is -2.15. The molecule has 1 aromatic carbocycles. The molecule has 0 bridgehead atoms. The van der Waals surface area contributed by atoms with Gasteiger partial charge in [-0.05, 0) is 35.0 Å². The number of carbonyl (C=O) groups is 1. The van der Waals surface area contributed by atoms with Crippen LogP contribution in [0.5, 0.6) is 11.6 Å². The monoisotopic (exact) mass is 402 g/mol. The Bertz CT molecular complexity index is 735. The second-order valence-electron chi connectivity index (χ2n) is 4.64. The minimum absolute atomic E-state index is 0.0913. The van der Waals surface area contributed by atoms with Gasteiger partial charge in [-0.2, -0.15) is 0 Å². The molecule has 124 valence electrons. The molecule has 0 aliphatic carbocycles. The Balaban J connectivity index is 2.42. The number of benzene rings is 1. The summed E-state index contributed by atoms with van der Waals surface area (Å²) in [7, 11) is 3.16. The van der Waals surface area contributed by atoms with E-state index in [9.17, 15) is 14.5 Å². The van der Waals surface area contributed by atoms with Gasteiger partial charge in [0.05, 0.1) is 17.9 Å². The van der Waals surface area contributed by atoms with Crippen LogP contribution in [-0.2, 0) is 0 Å². The molecular weight excluding hydrogens is 388 g/mol. The molecule has 1 atom stereocenters. The van der Waals surface area contributed by atoms with Crippen LogP contribution in [0.1, 0.15) is 17.3 Å². The largest absolute Gasteiger partial charge is 0.546 e. The average molecular weight is 403 g/mol. The Hall–Kier alpha value is -1.91. The number of amides is 1. The molecular formula is C13H15BrN4O4S. The highest BCUT2D eigenvalue weighted by molar-refractivity contribution is 9.10. The molecule has 0 aliphatic rings. The fourth-order valence-corrected chi connectivity index (χ4v) is 2.87. The maximum atomic E-state index is 12.2. The Morgan fingerprint density at radius 2 is 2.17 bits per heavy atom. The summed E-state index contributed by atoms with van der Waals surface area (Å²) >= 11 is 1.48. The molecule has 1 unspecified atom stereocenters. The lowest BCUT2D eigenvalue weighted by atomic mass is 10.1. The second kappa shape index (κ2) is 7.11. The van der Waals surface area contributed by atoms with E-state index in [1.54, 1.807) is 33.2 Å². The first-order chi connectivity index (χ1) is 10.8. The number of rotatable bonds is 5. The van der Waals surface area contributed by atoms with E-state index in [4.69, 9.17) is 4.74 Å². The Morgan fingerprint density at radius 3 is 2.78 bits per heavy atom. The molecule has 23 heavy (non-hydrogen) atoms. The van der Waals surface area contributed by atoms with E-state index in [0.717, 1.165) is 0 Å². The van der Waals surface area contributed by atoms with Gasteiger partial charge in [0.25, 0.3) is 11.7 Å². The predicted molar refractivity (Wildman–Crippen MR) is 89.0 cm³/mol. The van der Waals surface area contributed by atoms with Crippen LogP contribution in [-0.4, -0.2) is 49.9 Å². The SMILES string of the molecule is CCOc1n[s+]([O-])nc1Nc1ccc(Br)c(C(=O)N(C)C)c1O. The number of ether oxygens (including phenoxy) is 1. The number of anilines is 2. The van der Waals surface area contributed by atoms with Crippen LogP contribution in [0.3, 0.4) is 0 Å². The third-order valence-electron chi connectivity index (χ3n) is 2.81. The number of aromatic nitrogens is 2. The number of aromatic hydroxyl groups is 1. The predicted octanol–water partition coefficient (Wildman–Crippen LogP) is 2.52. The van der Waals surface area contributed by atoms with Crippen molar-refractivity contribution in [1.82, 2.24) is 13.6 Å². The van der Waals surface area contributed by atoms with Crippen LogP contribution in [0.15, 0.2) is 16.6 Å². The summed E-state index contributed by atoms with van der Waals surface area (Å²) < 4.78 is 24.6. The zero-order valence-electron chi connectivity index (χ0n) is 12.7. The molecule has 0 fully saturated rings. The van der Waals surface area contributed by atoms with Gasteiger partial charge in [-0.15, -0.1) is 0 Å². The Kier molecular flexibility index (Phi) is 5.39. The van der Waals surface area contributed by atoms with Crippen molar-refractivity contribution in [3.63, 3.8) is 0 Å². The van der Waals surface area contributed by atoms with Gasteiger partial charge in [0.1, 0.15) is 0 Å². The van der Waals surface area contributed by atoms with Crippen molar-refractivity contribution in [3.05, 3.63) is 22.2 Å². The van der Waals surface area contributed by atoms with Gasteiger partial charge in [-0.25, -0.2) is 0 Å². The van der Waals surface area contributed by atoms with Gasteiger partial charge in [0.15, 0.2) is 16.9 Å². The lowest BCUT2D eigenvalue weighted by Crippen LogP contribution is -2.22. The van der Waals surface area contributed by atoms with Gasteiger partial charge >= 0.3 is 5.88 Å². The van der Waals surface area contributed by atoms with E-state index in [1.807, 2.05) is 0 Å². The standard InChI is InChI=1S/C13H15BrN4O4S/c1-4-22-12-11(16-23(21)17-12)15-8-6-5-7(14)9(10(8)19)13(20)18(2)3/h5-6,19H,4H2,1-3H3,(H,15,16). The molecule has 0 radical (unpaired) electrons. The van der Waals surface area contributed by atoms with Crippen molar-refractivity contribution in [1.29, 1.82) is 0 Å². The van der Waals surface area contributed by atoms with Crippen molar-refractivity contribution < 1.29 is 19.2 Å². The number of hydrogen-bond acceptors (Lipinski definition) is 7. The smallest absolute Gasteiger partial charge is 0.318 e. The molecule has 2 aromatic rings. The summed E-state index contributed by atoms with van der Waals surface area (Å²) in [5.74, 6) is -0.400. The molecule has 1 aromatic heterocycles. The molecule has 2 N–H and O–H groups in total. The minimum Gasteiger partial charge on any atom is -0.546 e. The summed E-state index contributed by atoms with van der Waals surface area (Å²) in [6.07, 6.45) is 0. The molecule has 0 spiro atoms. The maximum Gasteiger partial charge on any atom is 0.318 e. The van der Waals surface area contributed by atoms with Crippen LogP contribution in [0.4, 0.5) is 11.5 Å². The number of halogens is 1. The van der Waals surface area contributed by atoms with Crippen molar-refractivity contribution >= 4 is 44.5 Å². The van der Waals surface area contributed by atoms with E-state index in [-0.39, 0.29) is 34.6 Å². The molecule has 1 heterocycles. The summed E-state index contributed by atoms with van der Waals surface area (Å²) in [5, 5.41) is 13.2. The first-order valence-corrected chi connectivity index (χ1v) is 8.43. The van der Waals surface area contributed by atoms with Crippen LogP contribution in [0.2, 0.25) is 0 Å².